The van der Waals surface area contributed by atoms with Crippen LogP contribution in [-0.2, 0) is 6.54 Å². The third kappa shape index (κ3) is 4.29. The van der Waals surface area contributed by atoms with Crippen molar-refractivity contribution in [3.63, 3.8) is 0 Å². The highest BCUT2D eigenvalue weighted by Gasteiger charge is 2.28. The van der Waals surface area contributed by atoms with E-state index in [4.69, 9.17) is 0 Å². The van der Waals surface area contributed by atoms with Crippen LogP contribution in [0.15, 0.2) is 24.5 Å². The van der Waals surface area contributed by atoms with Crippen molar-refractivity contribution >= 4 is 0 Å². The molecule has 3 heteroatoms. The minimum absolute atomic E-state index is 0.112. The van der Waals surface area contributed by atoms with E-state index in [0.717, 1.165) is 25.4 Å². The molecular weight excluding hydrogens is 236 g/mol. The largest absolute Gasteiger partial charge is 0.393 e. The summed E-state index contributed by atoms with van der Waals surface area (Å²) in [5, 5.41) is 10.2. The van der Waals surface area contributed by atoms with Gasteiger partial charge in [0.15, 0.2) is 0 Å². The Labute approximate surface area is 116 Å². The van der Waals surface area contributed by atoms with Crippen LogP contribution in [0.3, 0.4) is 0 Å². The summed E-state index contributed by atoms with van der Waals surface area (Å²) < 4.78 is 0. The van der Waals surface area contributed by atoms with E-state index in [9.17, 15) is 5.11 Å². The minimum Gasteiger partial charge on any atom is -0.393 e. The second kappa shape index (κ2) is 7.01. The Morgan fingerprint density at radius 3 is 2.95 bits per heavy atom. The van der Waals surface area contributed by atoms with Crippen LogP contribution in [0.5, 0.6) is 0 Å². The van der Waals surface area contributed by atoms with E-state index in [-0.39, 0.29) is 6.10 Å². The Kier molecular flexibility index (Phi) is 5.34. The predicted octanol–water partition coefficient (Wildman–Crippen LogP) is 2.70. The Bertz CT molecular complexity index is 368. The van der Waals surface area contributed by atoms with Gasteiger partial charge in [0.25, 0.3) is 0 Å². The molecule has 0 aromatic carbocycles. The highest BCUT2D eigenvalue weighted by atomic mass is 16.3. The quantitative estimate of drug-likeness (QED) is 0.886. The number of aliphatic hydroxyl groups excluding tert-OH is 1. The molecule has 19 heavy (non-hydrogen) atoms. The average Bonchev–Trinajstić information content (AvgIpc) is 2.42. The lowest BCUT2D eigenvalue weighted by Crippen LogP contribution is -2.37. The van der Waals surface area contributed by atoms with Gasteiger partial charge in [-0.05, 0) is 49.8 Å². The van der Waals surface area contributed by atoms with E-state index < -0.39 is 0 Å². The van der Waals surface area contributed by atoms with Gasteiger partial charge in [-0.1, -0.05) is 19.4 Å². The van der Waals surface area contributed by atoms with Crippen LogP contribution in [-0.4, -0.2) is 34.7 Å². The molecule has 1 saturated carbocycles. The van der Waals surface area contributed by atoms with Crippen molar-refractivity contribution in [1.29, 1.82) is 0 Å². The third-order valence-electron chi connectivity index (χ3n) is 4.35. The first kappa shape index (κ1) is 14.5. The summed E-state index contributed by atoms with van der Waals surface area (Å²) in [6.45, 7) is 4.15. The fraction of sp³-hybridized carbons (Fsp3) is 0.688. The fourth-order valence-electron chi connectivity index (χ4n) is 3.18. The molecule has 3 atom stereocenters. The van der Waals surface area contributed by atoms with E-state index in [1.165, 1.54) is 24.8 Å². The molecule has 1 fully saturated rings. The zero-order valence-electron chi connectivity index (χ0n) is 12.1. The molecular formula is C16H26N2O. The molecule has 1 aliphatic rings. The number of hydrogen-bond donors (Lipinski definition) is 1. The fourth-order valence-corrected chi connectivity index (χ4v) is 3.18. The van der Waals surface area contributed by atoms with Gasteiger partial charge in [-0.25, -0.2) is 0 Å². The van der Waals surface area contributed by atoms with Gasteiger partial charge in [0, 0.05) is 25.5 Å². The van der Waals surface area contributed by atoms with E-state index in [1.54, 1.807) is 6.20 Å². The summed E-state index contributed by atoms with van der Waals surface area (Å²) in [5.41, 5.74) is 1.24. The molecule has 0 spiro atoms. The first-order valence-corrected chi connectivity index (χ1v) is 7.44. The molecule has 1 N–H and O–H groups in total. The molecule has 3 nitrogen and oxygen atoms in total. The average molecular weight is 262 g/mol. The van der Waals surface area contributed by atoms with Crippen molar-refractivity contribution in [2.24, 2.45) is 11.8 Å². The molecule has 0 amide bonds. The first-order chi connectivity index (χ1) is 9.19. The van der Waals surface area contributed by atoms with Gasteiger partial charge in [-0.3, -0.25) is 4.98 Å². The zero-order chi connectivity index (χ0) is 13.7. The Morgan fingerprint density at radius 1 is 1.42 bits per heavy atom. The molecule has 3 unspecified atom stereocenters. The summed E-state index contributed by atoms with van der Waals surface area (Å²) in [6.07, 6.45) is 8.21. The van der Waals surface area contributed by atoms with Crippen molar-refractivity contribution in [2.45, 2.75) is 45.3 Å². The SMILES string of the molecule is CCC1CCC(O)C(CN(C)Cc2cccnc2)C1. The van der Waals surface area contributed by atoms with Gasteiger partial charge < -0.3 is 10.0 Å². The summed E-state index contributed by atoms with van der Waals surface area (Å²) in [6, 6.07) is 4.08. The number of nitrogens with zero attached hydrogens (tertiary/aromatic N) is 2. The Balaban J connectivity index is 1.85. The smallest absolute Gasteiger partial charge is 0.0580 e. The number of rotatable bonds is 5. The molecule has 1 heterocycles. The van der Waals surface area contributed by atoms with E-state index in [0.29, 0.717) is 5.92 Å². The first-order valence-electron chi connectivity index (χ1n) is 7.44. The van der Waals surface area contributed by atoms with Crippen LogP contribution < -0.4 is 0 Å². The van der Waals surface area contributed by atoms with Gasteiger partial charge >= 0.3 is 0 Å². The van der Waals surface area contributed by atoms with Crippen LogP contribution in [0.1, 0.15) is 38.2 Å². The molecule has 0 aliphatic heterocycles. The van der Waals surface area contributed by atoms with E-state index in [1.807, 2.05) is 12.3 Å². The maximum Gasteiger partial charge on any atom is 0.0580 e. The van der Waals surface area contributed by atoms with E-state index >= 15 is 0 Å². The minimum atomic E-state index is -0.112. The number of hydrogen-bond acceptors (Lipinski definition) is 3. The number of aliphatic hydroxyl groups is 1. The van der Waals surface area contributed by atoms with Crippen LogP contribution in [0.25, 0.3) is 0 Å². The van der Waals surface area contributed by atoms with Crippen molar-refractivity contribution in [1.82, 2.24) is 9.88 Å². The van der Waals surface area contributed by atoms with Crippen LogP contribution >= 0.6 is 0 Å². The maximum absolute atomic E-state index is 10.2. The monoisotopic (exact) mass is 262 g/mol. The molecule has 2 rings (SSSR count). The van der Waals surface area contributed by atoms with Crippen molar-refractivity contribution in [3.05, 3.63) is 30.1 Å². The highest BCUT2D eigenvalue weighted by Crippen LogP contribution is 2.31. The lowest BCUT2D eigenvalue weighted by molar-refractivity contribution is 0.0298. The lowest BCUT2D eigenvalue weighted by Gasteiger charge is -2.35. The summed E-state index contributed by atoms with van der Waals surface area (Å²) in [5.74, 6) is 1.24. The van der Waals surface area contributed by atoms with Crippen molar-refractivity contribution in [2.75, 3.05) is 13.6 Å². The van der Waals surface area contributed by atoms with Gasteiger partial charge in [0.05, 0.1) is 6.10 Å². The molecule has 1 aliphatic carbocycles. The topological polar surface area (TPSA) is 36.4 Å². The van der Waals surface area contributed by atoms with Crippen LogP contribution in [0.4, 0.5) is 0 Å². The Morgan fingerprint density at radius 2 is 2.26 bits per heavy atom. The molecule has 0 saturated heterocycles. The molecule has 0 bridgehead atoms. The number of aromatic nitrogens is 1. The maximum atomic E-state index is 10.2. The Hall–Kier alpha value is -0.930. The standard InChI is InChI=1S/C16H26N2O/c1-3-13-6-7-16(19)15(9-13)12-18(2)11-14-5-4-8-17-10-14/h4-5,8,10,13,15-16,19H,3,6-7,9,11-12H2,1-2H3. The summed E-state index contributed by atoms with van der Waals surface area (Å²) in [7, 11) is 2.13. The van der Waals surface area contributed by atoms with E-state index in [2.05, 4.69) is 29.9 Å². The molecule has 106 valence electrons. The normalized spacial score (nSPS) is 27.7. The van der Waals surface area contributed by atoms with Crippen molar-refractivity contribution < 1.29 is 5.11 Å². The third-order valence-corrected chi connectivity index (χ3v) is 4.35. The summed E-state index contributed by atoms with van der Waals surface area (Å²) in [4.78, 5) is 6.46. The van der Waals surface area contributed by atoms with Crippen molar-refractivity contribution in [3.8, 4) is 0 Å². The van der Waals surface area contributed by atoms with Crippen LogP contribution in [0.2, 0.25) is 0 Å². The zero-order valence-corrected chi connectivity index (χ0v) is 12.1. The van der Waals surface area contributed by atoms with Crippen LogP contribution in [0, 0.1) is 11.8 Å². The second-order valence-corrected chi connectivity index (χ2v) is 5.97. The predicted molar refractivity (Wildman–Crippen MR) is 77.7 cm³/mol. The molecule has 0 radical (unpaired) electrons. The molecule has 1 aromatic heterocycles. The highest BCUT2D eigenvalue weighted by molar-refractivity contribution is 5.07. The number of pyridine rings is 1. The molecule has 1 aromatic rings. The second-order valence-electron chi connectivity index (χ2n) is 5.97. The van der Waals surface area contributed by atoms with Gasteiger partial charge in [-0.2, -0.15) is 0 Å². The van der Waals surface area contributed by atoms with Gasteiger partial charge in [-0.15, -0.1) is 0 Å². The summed E-state index contributed by atoms with van der Waals surface area (Å²) >= 11 is 0. The lowest BCUT2D eigenvalue weighted by atomic mass is 9.78. The van der Waals surface area contributed by atoms with Gasteiger partial charge in [0.2, 0.25) is 0 Å². The van der Waals surface area contributed by atoms with Gasteiger partial charge in [0.1, 0.15) is 0 Å².